The van der Waals surface area contributed by atoms with Crippen molar-refractivity contribution in [3.63, 3.8) is 0 Å². The van der Waals surface area contributed by atoms with Crippen molar-refractivity contribution in [3.05, 3.63) is 59.7 Å². The molecule has 3 N–H and O–H groups in total. The monoisotopic (exact) mass is 472 g/mol. The van der Waals surface area contributed by atoms with Crippen molar-refractivity contribution < 1.29 is 33.0 Å². The van der Waals surface area contributed by atoms with E-state index < -0.39 is 42.8 Å². The molecule has 2 aliphatic rings. The van der Waals surface area contributed by atoms with Crippen molar-refractivity contribution in [1.82, 2.24) is 10.6 Å². The minimum atomic E-state index is -2.97. The predicted molar refractivity (Wildman–Crippen MR) is 120 cm³/mol. The number of alkyl carbamates (subject to hydrolysis) is 1. The lowest BCUT2D eigenvalue weighted by atomic mass is 9.98. The maximum Gasteiger partial charge on any atom is 0.407 e. The summed E-state index contributed by atoms with van der Waals surface area (Å²) in [5, 5.41) is 13.7. The molecule has 4 rings (SSSR count). The first-order chi connectivity index (χ1) is 16.3. The van der Waals surface area contributed by atoms with Crippen LogP contribution >= 0.6 is 0 Å². The Labute approximate surface area is 195 Å². The SMILES string of the molecule is O=C(CC(NC(=O)OCC1c2ccccc2-c2ccccc21)C(F)F)N[C@H]1CC[C@@H](C(=O)O)C1. The third kappa shape index (κ3) is 5.18. The van der Waals surface area contributed by atoms with E-state index in [9.17, 15) is 23.2 Å². The molecular weight excluding hydrogens is 446 g/mol. The summed E-state index contributed by atoms with van der Waals surface area (Å²) in [6.07, 6.45) is -3.46. The molecule has 1 unspecified atom stereocenters. The number of nitrogens with one attached hydrogen (secondary N) is 2. The molecule has 7 nitrogen and oxygen atoms in total. The van der Waals surface area contributed by atoms with Crippen LogP contribution < -0.4 is 10.6 Å². The standard InChI is InChI=1S/C25H26F2N2O5/c26-23(27)21(12-22(30)28-15-10-9-14(11-15)24(31)32)29-25(33)34-13-20-18-7-3-1-5-16(18)17-6-2-4-8-19(17)20/h1-8,14-15,20-21,23H,9-13H2,(H,28,30)(H,29,33)(H,31,32)/t14-,15+,21?/m1/s1. The highest BCUT2D eigenvalue weighted by molar-refractivity contribution is 5.80. The third-order valence-electron chi connectivity index (χ3n) is 6.50. The predicted octanol–water partition coefficient (Wildman–Crippen LogP) is 3.92. The van der Waals surface area contributed by atoms with Crippen LogP contribution in [0.3, 0.4) is 0 Å². The maximum absolute atomic E-state index is 13.5. The quantitative estimate of drug-likeness (QED) is 0.540. The fraction of sp³-hybridized carbons (Fsp3) is 0.400. The summed E-state index contributed by atoms with van der Waals surface area (Å²) >= 11 is 0. The zero-order valence-corrected chi connectivity index (χ0v) is 18.4. The summed E-state index contributed by atoms with van der Waals surface area (Å²) < 4.78 is 32.3. The molecule has 0 aliphatic heterocycles. The van der Waals surface area contributed by atoms with E-state index in [1.54, 1.807) is 0 Å². The fourth-order valence-electron chi connectivity index (χ4n) is 4.82. The lowest BCUT2D eigenvalue weighted by molar-refractivity contribution is -0.141. The summed E-state index contributed by atoms with van der Waals surface area (Å²) in [6, 6.07) is 13.4. The Morgan fingerprint density at radius 2 is 1.62 bits per heavy atom. The summed E-state index contributed by atoms with van der Waals surface area (Å²) in [5.74, 6) is -2.36. The van der Waals surface area contributed by atoms with Crippen molar-refractivity contribution in [1.29, 1.82) is 0 Å². The lowest BCUT2D eigenvalue weighted by Crippen LogP contribution is -2.45. The number of carboxylic acid groups (broad SMARTS) is 1. The van der Waals surface area contributed by atoms with Crippen LogP contribution in [0.15, 0.2) is 48.5 Å². The Hall–Kier alpha value is -3.49. The van der Waals surface area contributed by atoms with E-state index in [0.29, 0.717) is 12.8 Å². The first kappa shape index (κ1) is 23.7. The molecule has 0 saturated heterocycles. The fourth-order valence-corrected chi connectivity index (χ4v) is 4.82. The van der Waals surface area contributed by atoms with Gasteiger partial charge in [-0.1, -0.05) is 48.5 Å². The van der Waals surface area contributed by atoms with Crippen molar-refractivity contribution in [2.45, 2.75) is 50.1 Å². The average Bonchev–Trinajstić information content (AvgIpc) is 3.40. The van der Waals surface area contributed by atoms with E-state index >= 15 is 0 Å². The van der Waals surface area contributed by atoms with E-state index in [4.69, 9.17) is 9.84 Å². The normalized spacial score (nSPS) is 19.9. The lowest BCUT2D eigenvalue weighted by Gasteiger charge is -2.20. The number of hydrogen-bond acceptors (Lipinski definition) is 4. The van der Waals surface area contributed by atoms with Gasteiger partial charge in [0.2, 0.25) is 5.91 Å². The summed E-state index contributed by atoms with van der Waals surface area (Å²) in [5.41, 5.74) is 4.09. The molecule has 180 valence electrons. The van der Waals surface area contributed by atoms with E-state index in [-0.39, 0.29) is 25.0 Å². The molecule has 2 amide bonds. The van der Waals surface area contributed by atoms with Crippen LogP contribution in [0.1, 0.15) is 42.7 Å². The number of carbonyl (C=O) groups is 3. The molecule has 1 saturated carbocycles. The topological polar surface area (TPSA) is 105 Å². The Bertz CT molecular complexity index is 1030. The average molecular weight is 472 g/mol. The number of benzene rings is 2. The van der Waals surface area contributed by atoms with Crippen LogP contribution in [-0.2, 0) is 14.3 Å². The van der Waals surface area contributed by atoms with Crippen LogP contribution in [0.25, 0.3) is 11.1 Å². The van der Waals surface area contributed by atoms with Crippen molar-refractivity contribution in [3.8, 4) is 11.1 Å². The van der Waals surface area contributed by atoms with Gasteiger partial charge >= 0.3 is 12.1 Å². The molecule has 2 aliphatic carbocycles. The van der Waals surface area contributed by atoms with Crippen LogP contribution in [0.2, 0.25) is 0 Å². The molecule has 3 atom stereocenters. The number of ether oxygens (including phenoxy) is 1. The van der Waals surface area contributed by atoms with Gasteiger partial charge in [0.15, 0.2) is 0 Å². The van der Waals surface area contributed by atoms with Gasteiger partial charge in [0.05, 0.1) is 12.3 Å². The number of alkyl halides is 2. The second-order valence-electron chi connectivity index (χ2n) is 8.73. The Morgan fingerprint density at radius 1 is 1.00 bits per heavy atom. The summed E-state index contributed by atoms with van der Waals surface area (Å²) in [4.78, 5) is 35.6. The zero-order chi connectivity index (χ0) is 24.2. The Balaban J connectivity index is 1.32. The van der Waals surface area contributed by atoms with Gasteiger partial charge in [-0.15, -0.1) is 0 Å². The highest BCUT2D eigenvalue weighted by Crippen LogP contribution is 2.44. The molecule has 0 heterocycles. The first-order valence-corrected chi connectivity index (χ1v) is 11.2. The van der Waals surface area contributed by atoms with Crippen molar-refractivity contribution in [2.24, 2.45) is 5.92 Å². The number of fused-ring (bicyclic) bond motifs is 3. The minimum Gasteiger partial charge on any atom is -0.481 e. The number of aliphatic carboxylic acids is 1. The zero-order valence-electron chi connectivity index (χ0n) is 18.4. The number of halogens is 2. The van der Waals surface area contributed by atoms with Crippen LogP contribution in [0, 0.1) is 5.92 Å². The van der Waals surface area contributed by atoms with Crippen molar-refractivity contribution in [2.75, 3.05) is 6.61 Å². The molecule has 1 fully saturated rings. The van der Waals surface area contributed by atoms with Gasteiger partial charge in [-0.2, -0.15) is 0 Å². The maximum atomic E-state index is 13.5. The number of carbonyl (C=O) groups excluding carboxylic acids is 2. The van der Waals surface area contributed by atoms with Gasteiger partial charge in [0.25, 0.3) is 6.43 Å². The van der Waals surface area contributed by atoms with Gasteiger partial charge in [-0.25, -0.2) is 13.6 Å². The summed E-state index contributed by atoms with van der Waals surface area (Å²) in [6.45, 7) is -0.0271. The highest BCUT2D eigenvalue weighted by atomic mass is 19.3. The van der Waals surface area contributed by atoms with Gasteiger partial charge in [-0.3, -0.25) is 9.59 Å². The molecule has 2 aromatic rings. The van der Waals surface area contributed by atoms with Crippen LogP contribution in [0.4, 0.5) is 13.6 Å². The number of carboxylic acids is 1. The molecule has 0 bridgehead atoms. The van der Waals surface area contributed by atoms with Gasteiger partial charge in [0, 0.05) is 12.0 Å². The molecular formula is C25H26F2N2O5. The van der Waals surface area contributed by atoms with E-state index in [0.717, 1.165) is 22.3 Å². The van der Waals surface area contributed by atoms with Gasteiger partial charge in [-0.05, 0) is 41.5 Å². The molecule has 0 aromatic heterocycles. The highest BCUT2D eigenvalue weighted by Gasteiger charge is 2.33. The number of hydrogen-bond donors (Lipinski definition) is 3. The number of amides is 2. The molecule has 9 heteroatoms. The number of rotatable bonds is 8. The molecule has 34 heavy (non-hydrogen) atoms. The second-order valence-corrected chi connectivity index (χ2v) is 8.73. The first-order valence-electron chi connectivity index (χ1n) is 11.2. The summed E-state index contributed by atoms with van der Waals surface area (Å²) in [7, 11) is 0. The minimum absolute atomic E-state index is 0.0271. The van der Waals surface area contributed by atoms with E-state index in [2.05, 4.69) is 10.6 Å². The Morgan fingerprint density at radius 3 is 2.18 bits per heavy atom. The van der Waals surface area contributed by atoms with E-state index in [1.165, 1.54) is 0 Å². The second kappa shape index (κ2) is 10.2. The van der Waals surface area contributed by atoms with Crippen LogP contribution in [0.5, 0.6) is 0 Å². The Kier molecular flexibility index (Phi) is 7.09. The van der Waals surface area contributed by atoms with Gasteiger partial charge in [0.1, 0.15) is 12.6 Å². The van der Waals surface area contributed by atoms with Crippen molar-refractivity contribution >= 4 is 18.0 Å². The molecule has 0 radical (unpaired) electrons. The third-order valence-corrected chi connectivity index (χ3v) is 6.50. The van der Waals surface area contributed by atoms with Crippen LogP contribution in [-0.4, -0.2) is 48.2 Å². The molecule has 2 aromatic carbocycles. The largest absolute Gasteiger partial charge is 0.481 e. The van der Waals surface area contributed by atoms with E-state index in [1.807, 2.05) is 48.5 Å². The smallest absolute Gasteiger partial charge is 0.407 e. The van der Waals surface area contributed by atoms with Gasteiger partial charge < -0.3 is 20.5 Å². The molecule has 0 spiro atoms.